The quantitative estimate of drug-likeness (QED) is 0.744. The lowest BCUT2D eigenvalue weighted by Gasteiger charge is -2.35. The molecule has 128 valence electrons. The molecule has 1 aromatic carbocycles. The SMILES string of the molecule is NCc1ccc(C(=O)NCC(N2CCNCC2)C(F)(F)F)cc1. The van der Waals surface area contributed by atoms with Gasteiger partial charge in [0.05, 0.1) is 0 Å². The maximum Gasteiger partial charge on any atom is 0.405 e. The number of benzene rings is 1. The minimum absolute atomic E-state index is 0.311. The van der Waals surface area contributed by atoms with Gasteiger partial charge < -0.3 is 16.4 Å². The van der Waals surface area contributed by atoms with Gasteiger partial charge in [-0.05, 0) is 17.7 Å². The highest BCUT2D eigenvalue weighted by Crippen LogP contribution is 2.24. The molecule has 5 nitrogen and oxygen atoms in total. The van der Waals surface area contributed by atoms with Crippen LogP contribution < -0.4 is 16.4 Å². The van der Waals surface area contributed by atoms with Crippen LogP contribution in [0.4, 0.5) is 13.2 Å². The first-order valence-corrected chi connectivity index (χ1v) is 7.50. The topological polar surface area (TPSA) is 70.4 Å². The predicted molar refractivity (Wildman–Crippen MR) is 81.0 cm³/mol. The van der Waals surface area contributed by atoms with Gasteiger partial charge in [-0.3, -0.25) is 9.69 Å². The summed E-state index contributed by atoms with van der Waals surface area (Å²) >= 11 is 0. The normalized spacial score (nSPS) is 17.7. The number of amides is 1. The van der Waals surface area contributed by atoms with Crippen molar-refractivity contribution >= 4 is 5.91 Å². The Kier molecular flexibility index (Phi) is 5.97. The van der Waals surface area contributed by atoms with Gasteiger partial charge in [-0.15, -0.1) is 0 Å². The summed E-state index contributed by atoms with van der Waals surface area (Å²) in [5.41, 5.74) is 6.65. The number of halogens is 3. The van der Waals surface area contributed by atoms with Crippen LogP contribution in [0.3, 0.4) is 0 Å². The van der Waals surface area contributed by atoms with Crippen LogP contribution in [0.5, 0.6) is 0 Å². The van der Waals surface area contributed by atoms with Gasteiger partial charge in [0.2, 0.25) is 0 Å². The van der Waals surface area contributed by atoms with Crippen molar-refractivity contribution in [3.63, 3.8) is 0 Å². The molecule has 0 aliphatic carbocycles. The van der Waals surface area contributed by atoms with E-state index >= 15 is 0 Å². The minimum Gasteiger partial charge on any atom is -0.350 e. The summed E-state index contributed by atoms with van der Waals surface area (Å²) < 4.78 is 39.7. The molecule has 1 amide bonds. The Balaban J connectivity index is 1.97. The number of hydrogen-bond acceptors (Lipinski definition) is 4. The molecule has 0 radical (unpaired) electrons. The number of carbonyl (C=O) groups excluding carboxylic acids is 1. The number of nitrogens with two attached hydrogens (primary N) is 1. The zero-order valence-electron chi connectivity index (χ0n) is 12.7. The number of carbonyl (C=O) groups is 1. The molecule has 1 aliphatic heterocycles. The molecule has 23 heavy (non-hydrogen) atoms. The third kappa shape index (κ3) is 4.92. The molecule has 1 heterocycles. The van der Waals surface area contributed by atoms with Crippen molar-refractivity contribution in [1.29, 1.82) is 0 Å². The van der Waals surface area contributed by atoms with Crippen LogP contribution >= 0.6 is 0 Å². The Morgan fingerprint density at radius 3 is 2.39 bits per heavy atom. The summed E-state index contributed by atoms with van der Waals surface area (Å²) in [6.45, 7) is 1.54. The van der Waals surface area contributed by atoms with Gasteiger partial charge in [-0.25, -0.2) is 0 Å². The molecule has 8 heteroatoms. The van der Waals surface area contributed by atoms with Gasteiger partial charge in [0, 0.05) is 44.8 Å². The first-order chi connectivity index (χ1) is 10.9. The molecule has 1 saturated heterocycles. The monoisotopic (exact) mass is 330 g/mol. The van der Waals surface area contributed by atoms with Crippen LogP contribution in [0.15, 0.2) is 24.3 Å². The number of nitrogens with one attached hydrogen (secondary N) is 2. The average molecular weight is 330 g/mol. The van der Waals surface area contributed by atoms with E-state index in [0.717, 1.165) is 5.56 Å². The van der Waals surface area contributed by atoms with Gasteiger partial charge >= 0.3 is 6.18 Å². The summed E-state index contributed by atoms with van der Waals surface area (Å²) in [5.74, 6) is -0.516. The zero-order valence-corrected chi connectivity index (χ0v) is 12.7. The average Bonchev–Trinajstić information content (AvgIpc) is 2.54. The molecule has 1 atom stereocenters. The summed E-state index contributed by atoms with van der Waals surface area (Å²) in [6, 6.07) is 4.83. The Bertz CT molecular complexity index is 512. The van der Waals surface area contributed by atoms with Crippen LogP contribution in [0.25, 0.3) is 0 Å². The van der Waals surface area contributed by atoms with Crippen molar-refractivity contribution in [2.24, 2.45) is 5.73 Å². The Hall–Kier alpha value is -1.64. The largest absolute Gasteiger partial charge is 0.405 e. The molecule has 4 N–H and O–H groups in total. The standard InChI is InChI=1S/C15H21F3N4O/c16-15(17,18)13(22-7-5-20-6-8-22)10-21-14(23)12-3-1-11(9-19)2-4-12/h1-4,13,20H,5-10,19H2,(H,21,23). The Morgan fingerprint density at radius 2 is 1.87 bits per heavy atom. The first kappa shape index (κ1) is 17.7. The van der Waals surface area contributed by atoms with E-state index in [1.807, 2.05) is 0 Å². The summed E-state index contributed by atoms with van der Waals surface area (Å²) in [4.78, 5) is 13.4. The smallest absolute Gasteiger partial charge is 0.350 e. The second-order valence-electron chi connectivity index (χ2n) is 5.45. The van der Waals surface area contributed by atoms with E-state index in [9.17, 15) is 18.0 Å². The van der Waals surface area contributed by atoms with E-state index in [1.54, 1.807) is 24.3 Å². The molecule has 1 unspecified atom stereocenters. The molecule has 1 aromatic rings. The molecular weight excluding hydrogens is 309 g/mol. The number of alkyl halides is 3. The van der Waals surface area contributed by atoms with Crippen molar-refractivity contribution in [2.45, 2.75) is 18.8 Å². The van der Waals surface area contributed by atoms with Crippen LogP contribution in [-0.4, -0.2) is 55.7 Å². The first-order valence-electron chi connectivity index (χ1n) is 7.50. The van der Waals surface area contributed by atoms with Crippen LogP contribution in [-0.2, 0) is 6.54 Å². The Morgan fingerprint density at radius 1 is 1.26 bits per heavy atom. The molecule has 2 rings (SSSR count). The predicted octanol–water partition coefficient (Wildman–Crippen LogP) is 0.711. The molecule has 0 saturated carbocycles. The maximum atomic E-state index is 13.2. The second kappa shape index (κ2) is 7.76. The summed E-state index contributed by atoms with van der Waals surface area (Å²) in [6.07, 6.45) is -4.38. The highest BCUT2D eigenvalue weighted by atomic mass is 19.4. The van der Waals surface area contributed by atoms with E-state index in [-0.39, 0.29) is 0 Å². The van der Waals surface area contributed by atoms with Gasteiger partial charge in [0.1, 0.15) is 6.04 Å². The zero-order chi connectivity index (χ0) is 16.9. The van der Waals surface area contributed by atoms with Crippen molar-refractivity contribution in [2.75, 3.05) is 32.7 Å². The van der Waals surface area contributed by atoms with E-state index < -0.39 is 24.7 Å². The highest BCUT2D eigenvalue weighted by Gasteiger charge is 2.43. The fraction of sp³-hybridized carbons (Fsp3) is 0.533. The van der Waals surface area contributed by atoms with Crippen molar-refractivity contribution in [3.05, 3.63) is 35.4 Å². The van der Waals surface area contributed by atoms with Crippen molar-refractivity contribution < 1.29 is 18.0 Å². The van der Waals surface area contributed by atoms with Crippen molar-refractivity contribution in [3.8, 4) is 0 Å². The number of nitrogens with zero attached hydrogens (tertiary/aromatic N) is 1. The van der Waals surface area contributed by atoms with Crippen LogP contribution in [0.2, 0.25) is 0 Å². The third-order valence-corrected chi connectivity index (χ3v) is 3.88. The molecule has 1 aliphatic rings. The Labute approximate surface area is 133 Å². The molecule has 0 spiro atoms. The number of piperazine rings is 1. The summed E-state index contributed by atoms with van der Waals surface area (Å²) in [7, 11) is 0. The van der Waals surface area contributed by atoms with E-state index in [2.05, 4.69) is 10.6 Å². The summed E-state index contributed by atoms with van der Waals surface area (Å²) in [5, 5.41) is 5.40. The van der Waals surface area contributed by atoms with Gasteiger partial charge in [0.15, 0.2) is 0 Å². The number of rotatable bonds is 5. The minimum atomic E-state index is -4.38. The lowest BCUT2D eigenvalue weighted by molar-refractivity contribution is -0.183. The van der Waals surface area contributed by atoms with Crippen LogP contribution in [0.1, 0.15) is 15.9 Å². The molecule has 1 fully saturated rings. The van der Waals surface area contributed by atoms with E-state index in [4.69, 9.17) is 5.73 Å². The maximum absolute atomic E-state index is 13.2. The van der Waals surface area contributed by atoms with Crippen molar-refractivity contribution in [1.82, 2.24) is 15.5 Å². The fourth-order valence-electron chi connectivity index (χ4n) is 2.53. The lowest BCUT2D eigenvalue weighted by Crippen LogP contribution is -2.57. The third-order valence-electron chi connectivity index (χ3n) is 3.88. The fourth-order valence-corrected chi connectivity index (χ4v) is 2.53. The molecular formula is C15H21F3N4O. The van der Waals surface area contributed by atoms with Gasteiger partial charge in [0.25, 0.3) is 5.91 Å². The number of hydrogen-bond donors (Lipinski definition) is 3. The van der Waals surface area contributed by atoms with Gasteiger partial charge in [-0.2, -0.15) is 13.2 Å². The van der Waals surface area contributed by atoms with Gasteiger partial charge in [-0.1, -0.05) is 12.1 Å². The molecule has 0 aromatic heterocycles. The lowest BCUT2D eigenvalue weighted by atomic mass is 10.1. The van der Waals surface area contributed by atoms with E-state index in [0.29, 0.717) is 38.3 Å². The van der Waals surface area contributed by atoms with Crippen LogP contribution in [0, 0.1) is 0 Å². The molecule has 0 bridgehead atoms. The second-order valence-corrected chi connectivity index (χ2v) is 5.45. The van der Waals surface area contributed by atoms with E-state index in [1.165, 1.54) is 4.90 Å². The highest BCUT2D eigenvalue weighted by molar-refractivity contribution is 5.94.